The minimum absolute atomic E-state index is 0.0747. The number of carbonyl (C=O) groups is 1. The van der Waals surface area contributed by atoms with E-state index in [1.165, 1.54) is 10.1 Å². The zero-order valence-corrected chi connectivity index (χ0v) is 15.7. The normalized spacial score (nSPS) is 11.0. The van der Waals surface area contributed by atoms with Crippen LogP contribution in [0.3, 0.4) is 0 Å². The molecule has 3 rings (SSSR count). The van der Waals surface area contributed by atoms with Crippen LogP contribution in [-0.4, -0.2) is 22.8 Å². The average Bonchev–Trinajstić information content (AvgIpc) is 2.96. The lowest BCUT2D eigenvalue weighted by molar-refractivity contribution is -0.121. The summed E-state index contributed by atoms with van der Waals surface area (Å²) in [5, 5.41) is 3.61. The molecule has 0 aliphatic heterocycles. The van der Waals surface area contributed by atoms with Gasteiger partial charge < -0.3 is 9.73 Å². The van der Waals surface area contributed by atoms with Crippen LogP contribution in [0.15, 0.2) is 57.7 Å². The van der Waals surface area contributed by atoms with Gasteiger partial charge in [-0.05, 0) is 29.8 Å². The van der Waals surface area contributed by atoms with E-state index in [0.29, 0.717) is 24.2 Å². The van der Waals surface area contributed by atoms with Crippen LogP contribution in [0.2, 0.25) is 5.02 Å². The molecule has 1 amide bonds. The van der Waals surface area contributed by atoms with Crippen molar-refractivity contribution < 1.29 is 9.21 Å². The smallest absolute Gasteiger partial charge is 0.408 e. The predicted octanol–water partition coefficient (Wildman–Crippen LogP) is 3.69. The number of carbonyl (C=O) groups excluding carboxylic acids is 1. The lowest BCUT2D eigenvalue weighted by atomic mass is 10.2. The topological polar surface area (TPSA) is 64.2 Å². The number of fused-ring (bicyclic) bond motifs is 1. The molecule has 26 heavy (non-hydrogen) atoms. The van der Waals surface area contributed by atoms with Gasteiger partial charge in [-0.1, -0.05) is 35.9 Å². The molecular formula is C19H19ClN2O3S. The molecule has 0 bridgehead atoms. The van der Waals surface area contributed by atoms with Gasteiger partial charge in [-0.15, -0.1) is 0 Å². The van der Waals surface area contributed by atoms with Crippen molar-refractivity contribution in [3.63, 3.8) is 0 Å². The number of halogens is 1. The summed E-state index contributed by atoms with van der Waals surface area (Å²) >= 11 is 7.60. The van der Waals surface area contributed by atoms with Crippen molar-refractivity contribution in [2.75, 3.05) is 12.3 Å². The van der Waals surface area contributed by atoms with E-state index in [1.807, 2.05) is 42.5 Å². The Labute approximate surface area is 160 Å². The van der Waals surface area contributed by atoms with E-state index < -0.39 is 5.76 Å². The molecule has 1 N–H and O–H groups in total. The van der Waals surface area contributed by atoms with Gasteiger partial charge in [0.15, 0.2) is 5.58 Å². The van der Waals surface area contributed by atoms with E-state index in [0.717, 1.165) is 16.5 Å². The molecule has 0 unspecified atom stereocenters. The van der Waals surface area contributed by atoms with E-state index in [-0.39, 0.29) is 12.3 Å². The molecule has 0 aliphatic carbocycles. The molecule has 0 saturated heterocycles. The maximum absolute atomic E-state index is 12.0. The summed E-state index contributed by atoms with van der Waals surface area (Å²) in [7, 11) is 0. The minimum atomic E-state index is -0.433. The van der Waals surface area contributed by atoms with Crippen LogP contribution >= 0.6 is 23.4 Å². The van der Waals surface area contributed by atoms with Gasteiger partial charge in [-0.25, -0.2) is 4.79 Å². The molecular weight excluding hydrogens is 372 g/mol. The number of oxazole rings is 1. The largest absolute Gasteiger partial charge is 0.419 e. The fraction of sp³-hybridized carbons (Fsp3) is 0.263. The number of aryl methyl sites for hydroxylation is 1. The number of para-hydroxylation sites is 2. The fourth-order valence-electron chi connectivity index (χ4n) is 2.56. The van der Waals surface area contributed by atoms with Crippen LogP contribution in [0.1, 0.15) is 12.0 Å². The van der Waals surface area contributed by atoms with Crippen LogP contribution < -0.4 is 11.1 Å². The molecule has 5 nitrogen and oxygen atoms in total. The maximum atomic E-state index is 12.0. The van der Waals surface area contributed by atoms with Crippen molar-refractivity contribution in [3.05, 3.63) is 69.7 Å². The minimum Gasteiger partial charge on any atom is -0.408 e. The first-order chi connectivity index (χ1) is 12.6. The Bertz CT molecular complexity index is 934. The molecule has 0 atom stereocenters. The number of nitrogens with zero attached hydrogens (tertiary/aromatic N) is 1. The summed E-state index contributed by atoms with van der Waals surface area (Å²) in [6, 6.07) is 15.0. The quantitative estimate of drug-likeness (QED) is 0.596. The van der Waals surface area contributed by atoms with Crippen molar-refractivity contribution in [3.8, 4) is 0 Å². The first-order valence-corrected chi connectivity index (χ1v) is 9.84. The third kappa shape index (κ3) is 4.93. The number of rotatable bonds is 8. The Morgan fingerprint density at radius 2 is 1.92 bits per heavy atom. The van der Waals surface area contributed by atoms with Gasteiger partial charge in [-0.2, -0.15) is 11.8 Å². The van der Waals surface area contributed by atoms with Crippen molar-refractivity contribution in [2.24, 2.45) is 0 Å². The van der Waals surface area contributed by atoms with E-state index in [2.05, 4.69) is 5.32 Å². The van der Waals surface area contributed by atoms with Gasteiger partial charge in [-0.3, -0.25) is 9.36 Å². The molecule has 2 aromatic carbocycles. The third-order valence-corrected chi connectivity index (χ3v) is 5.17. The van der Waals surface area contributed by atoms with Gasteiger partial charge in [0.1, 0.15) is 0 Å². The summed E-state index contributed by atoms with van der Waals surface area (Å²) in [6.07, 6.45) is 0.241. The summed E-state index contributed by atoms with van der Waals surface area (Å²) in [5.41, 5.74) is 2.46. The fourth-order valence-corrected chi connectivity index (χ4v) is 3.51. The third-order valence-electron chi connectivity index (χ3n) is 3.89. The highest BCUT2D eigenvalue weighted by molar-refractivity contribution is 7.98. The molecule has 1 aromatic heterocycles. The SMILES string of the molecule is O=C(CCn1c(=O)oc2ccccc21)NCCSCc1ccc(Cl)cc1. The van der Waals surface area contributed by atoms with Gasteiger partial charge >= 0.3 is 5.76 Å². The summed E-state index contributed by atoms with van der Waals surface area (Å²) in [5.74, 6) is 1.19. The Kier molecular flexibility index (Phi) is 6.41. The van der Waals surface area contributed by atoms with Crippen LogP contribution in [0.25, 0.3) is 11.1 Å². The zero-order chi connectivity index (χ0) is 18.4. The van der Waals surface area contributed by atoms with Gasteiger partial charge in [0.05, 0.1) is 5.52 Å². The molecule has 7 heteroatoms. The van der Waals surface area contributed by atoms with Crippen molar-refractivity contribution in [1.82, 2.24) is 9.88 Å². The molecule has 136 valence electrons. The first kappa shape index (κ1) is 18.6. The number of nitrogens with one attached hydrogen (secondary N) is 1. The van der Waals surface area contributed by atoms with Gasteiger partial charge in [0.25, 0.3) is 0 Å². The zero-order valence-electron chi connectivity index (χ0n) is 14.1. The van der Waals surface area contributed by atoms with Gasteiger partial charge in [0.2, 0.25) is 5.91 Å². The van der Waals surface area contributed by atoms with Crippen LogP contribution in [0.4, 0.5) is 0 Å². The number of hydrogen-bond donors (Lipinski definition) is 1. The molecule has 0 spiro atoms. The van der Waals surface area contributed by atoms with E-state index in [9.17, 15) is 9.59 Å². The second kappa shape index (κ2) is 8.96. The summed E-state index contributed by atoms with van der Waals surface area (Å²) in [4.78, 5) is 23.8. The monoisotopic (exact) mass is 390 g/mol. The molecule has 3 aromatic rings. The Morgan fingerprint density at radius 3 is 2.73 bits per heavy atom. The van der Waals surface area contributed by atoms with E-state index in [1.54, 1.807) is 17.8 Å². The lowest BCUT2D eigenvalue weighted by Crippen LogP contribution is -2.28. The average molecular weight is 391 g/mol. The number of hydrogen-bond acceptors (Lipinski definition) is 4. The number of amides is 1. The predicted molar refractivity (Wildman–Crippen MR) is 106 cm³/mol. The highest BCUT2D eigenvalue weighted by atomic mass is 35.5. The second-order valence-electron chi connectivity index (χ2n) is 5.77. The number of thioether (sulfide) groups is 1. The first-order valence-electron chi connectivity index (χ1n) is 8.31. The van der Waals surface area contributed by atoms with E-state index >= 15 is 0 Å². The van der Waals surface area contributed by atoms with Crippen molar-refractivity contribution in [1.29, 1.82) is 0 Å². The summed E-state index contributed by atoms with van der Waals surface area (Å²) < 4.78 is 6.65. The molecule has 0 fully saturated rings. The standard InChI is InChI=1S/C19H19ClN2O3S/c20-15-7-5-14(6-8-15)13-26-12-10-21-18(23)9-11-22-16-3-1-2-4-17(16)25-19(22)24/h1-8H,9-13H2,(H,21,23). The molecule has 1 heterocycles. The van der Waals surface area contributed by atoms with Crippen LogP contribution in [-0.2, 0) is 17.1 Å². The Balaban J connectivity index is 1.38. The second-order valence-corrected chi connectivity index (χ2v) is 7.31. The van der Waals surface area contributed by atoms with E-state index in [4.69, 9.17) is 16.0 Å². The summed E-state index contributed by atoms with van der Waals surface area (Å²) in [6.45, 7) is 0.901. The Morgan fingerprint density at radius 1 is 1.15 bits per heavy atom. The molecule has 0 aliphatic rings. The van der Waals surface area contributed by atoms with Crippen LogP contribution in [0, 0.1) is 0 Å². The Hall–Kier alpha value is -2.18. The van der Waals surface area contributed by atoms with Gasteiger partial charge in [0, 0.05) is 36.0 Å². The molecule has 0 saturated carbocycles. The maximum Gasteiger partial charge on any atom is 0.419 e. The number of aromatic nitrogens is 1. The lowest BCUT2D eigenvalue weighted by Gasteiger charge is -2.06. The van der Waals surface area contributed by atoms with Crippen molar-refractivity contribution >= 4 is 40.4 Å². The van der Waals surface area contributed by atoms with Crippen molar-refractivity contribution in [2.45, 2.75) is 18.7 Å². The highest BCUT2D eigenvalue weighted by Crippen LogP contribution is 2.15. The van der Waals surface area contributed by atoms with Crippen LogP contribution in [0.5, 0.6) is 0 Å². The highest BCUT2D eigenvalue weighted by Gasteiger charge is 2.10. The number of benzene rings is 2. The molecule has 0 radical (unpaired) electrons.